The number of thioether (sulfide) groups is 1. The Hall–Kier alpha value is -1.49. The van der Waals surface area contributed by atoms with Gasteiger partial charge in [0.25, 0.3) is 0 Å². The number of para-hydroxylation sites is 2. The molecule has 0 bridgehead atoms. The van der Waals surface area contributed by atoms with Gasteiger partial charge in [-0.05, 0) is 25.3 Å². The van der Waals surface area contributed by atoms with E-state index < -0.39 is 0 Å². The van der Waals surface area contributed by atoms with E-state index in [1.165, 1.54) is 11.8 Å². The number of nitrogens with one attached hydrogen (secondary N) is 1. The van der Waals surface area contributed by atoms with Crippen LogP contribution < -0.4 is 5.32 Å². The minimum Gasteiger partial charge on any atom is -0.348 e. The second-order valence-corrected chi connectivity index (χ2v) is 4.84. The number of hydrogen-bond acceptors (Lipinski definition) is 3. The monoisotopic (exact) mass is 263 g/mol. The number of fused-ring (bicyclic) bond motifs is 1. The Morgan fingerprint density at radius 1 is 1.44 bits per heavy atom. The second kappa shape index (κ2) is 5.91. The molecule has 2 rings (SSSR count). The van der Waals surface area contributed by atoms with Gasteiger partial charge < -0.3 is 9.88 Å². The van der Waals surface area contributed by atoms with Gasteiger partial charge in [-0.1, -0.05) is 12.1 Å². The average molecular weight is 263 g/mol. The van der Waals surface area contributed by atoms with Gasteiger partial charge in [0.05, 0.1) is 23.3 Å². The maximum absolute atomic E-state index is 11.5. The lowest BCUT2D eigenvalue weighted by Gasteiger charge is -2.07. The lowest BCUT2D eigenvalue weighted by molar-refractivity contribution is -0.118. The lowest BCUT2D eigenvalue weighted by Crippen LogP contribution is -2.26. The number of carbonyl (C=O) groups excluding carboxylic acids is 1. The van der Waals surface area contributed by atoms with Crippen molar-refractivity contribution < 1.29 is 4.79 Å². The molecule has 4 nitrogen and oxygen atoms in total. The summed E-state index contributed by atoms with van der Waals surface area (Å²) in [5.74, 6) is 1.46. The molecule has 0 saturated heterocycles. The van der Waals surface area contributed by atoms with Gasteiger partial charge in [0.1, 0.15) is 5.82 Å². The van der Waals surface area contributed by atoms with Crippen LogP contribution in [0.2, 0.25) is 0 Å². The van der Waals surface area contributed by atoms with Crippen molar-refractivity contribution in [3.8, 4) is 0 Å². The number of benzene rings is 1. The van der Waals surface area contributed by atoms with Crippen LogP contribution in [-0.2, 0) is 17.9 Å². The summed E-state index contributed by atoms with van der Waals surface area (Å²) in [7, 11) is 0. The third kappa shape index (κ3) is 2.67. The van der Waals surface area contributed by atoms with E-state index in [0.717, 1.165) is 23.4 Å². The second-order valence-electron chi connectivity index (χ2n) is 3.97. The Bertz CT molecular complexity index is 550. The number of nitrogens with zero attached hydrogens (tertiary/aromatic N) is 2. The van der Waals surface area contributed by atoms with Crippen LogP contribution in [0, 0.1) is 0 Å². The van der Waals surface area contributed by atoms with Crippen LogP contribution in [0.15, 0.2) is 24.3 Å². The third-order valence-electron chi connectivity index (χ3n) is 2.77. The number of aryl methyl sites for hydroxylation is 1. The minimum absolute atomic E-state index is 0.0530. The molecular weight excluding hydrogens is 246 g/mol. The van der Waals surface area contributed by atoms with Crippen molar-refractivity contribution in [2.75, 3.05) is 12.0 Å². The molecule has 18 heavy (non-hydrogen) atoms. The molecule has 0 aliphatic rings. The van der Waals surface area contributed by atoms with Crippen molar-refractivity contribution in [3.05, 3.63) is 30.1 Å². The molecule has 1 N–H and O–H groups in total. The van der Waals surface area contributed by atoms with Crippen molar-refractivity contribution in [1.82, 2.24) is 14.9 Å². The van der Waals surface area contributed by atoms with Crippen LogP contribution in [0.4, 0.5) is 0 Å². The molecule has 0 saturated carbocycles. The fraction of sp³-hybridized carbons (Fsp3) is 0.385. The summed E-state index contributed by atoms with van der Waals surface area (Å²) in [4.78, 5) is 16.0. The van der Waals surface area contributed by atoms with E-state index in [2.05, 4.69) is 27.9 Å². The smallest absolute Gasteiger partial charge is 0.230 e. The first kappa shape index (κ1) is 13.0. The Kier molecular flexibility index (Phi) is 4.25. The largest absolute Gasteiger partial charge is 0.348 e. The standard InChI is InChI=1S/C13H17N3OS/c1-3-16-11-7-5-4-6-10(11)15-12(16)8-14-13(17)9-18-2/h4-7H,3,8-9H2,1-2H3,(H,14,17). The lowest BCUT2D eigenvalue weighted by atomic mass is 10.3. The van der Waals surface area contributed by atoms with Gasteiger partial charge >= 0.3 is 0 Å². The van der Waals surface area contributed by atoms with E-state index in [1.54, 1.807) is 0 Å². The van der Waals surface area contributed by atoms with Crippen LogP contribution in [0.25, 0.3) is 11.0 Å². The van der Waals surface area contributed by atoms with Crippen molar-refractivity contribution in [3.63, 3.8) is 0 Å². The SMILES string of the molecule is CCn1c(CNC(=O)CSC)nc2ccccc21. The first-order valence-electron chi connectivity index (χ1n) is 5.96. The van der Waals surface area contributed by atoms with E-state index in [1.807, 2.05) is 24.5 Å². The van der Waals surface area contributed by atoms with Gasteiger partial charge in [0.15, 0.2) is 0 Å². The van der Waals surface area contributed by atoms with E-state index in [-0.39, 0.29) is 5.91 Å². The highest BCUT2D eigenvalue weighted by Gasteiger charge is 2.09. The number of imidazole rings is 1. The van der Waals surface area contributed by atoms with Gasteiger partial charge in [0, 0.05) is 6.54 Å². The van der Waals surface area contributed by atoms with Crippen LogP contribution in [0.3, 0.4) is 0 Å². The molecule has 0 radical (unpaired) electrons. The first-order chi connectivity index (χ1) is 8.76. The maximum atomic E-state index is 11.5. The van der Waals surface area contributed by atoms with Gasteiger partial charge in [-0.3, -0.25) is 4.79 Å². The fourth-order valence-corrected chi connectivity index (χ4v) is 2.34. The highest BCUT2D eigenvalue weighted by Crippen LogP contribution is 2.15. The molecular formula is C13H17N3OS. The normalized spacial score (nSPS) is 10.8. The van der Waals surface area contributed by atoms with Crippen LogP contribution in [0.5, 0.6) is 0 Å². The van der Waals surface area contributed by atoms with Crippen LogP contribution >= 0.6 is 11.8 Å². The van der Waals surface area contributed by atoms with E-state index in [4.69, 9.17) is 0 Å². The van der Waals surface area contributed by atoms with Crippen LogP contribution in [-0.4, -0.2) is 27.5 Å². The molecule has 1 aromatic heterocycles. The molecule has 96 valence electrons. The summed E-state index contributed by atoms with van der Waals surface area (Å²) in [5.41, 5.74) is 2.10. The van der Waals surface area contributed by atoms with Crippen molar-refractivity contribution in [2.45, 2.75) is 20.0 Å². The highest BCUT2D eigenvalue weighted by molar-refractivity contribution is 7.99. The molecule has 0 aliphatic heterocycles. The highest BCUT2D eigenvalue weighted by atomic mass is 32.2. The molecule has 0 aliphatic carbocycles. The van der Waals surface area contributed by atoms with Crippen molar-refractivity contribution in [2.24, 2.45) is 0 Å². The maximum Gasteiger partial charge on any atom is 0.230 e. The molecule has 5 heteroatoms. The Labute approximate surface area is 111 Å². The van der Waals surface area contributed by atoms with Gasteiger partial charge in [-0.2, -0.15) is 11.8 Å². The summed E-state index contributed by atoms with van der Waals surface area (Å²) >= 11 is 1.52. The zero-order chi connectivity index (χ0) is 13.0. The Balaban J connectivity index is 2.19. The molecule has 1 amide bonds. The topological polar surface area (TPSA) is 46.9 Å². The quantitative estimate of drug-likeness (QED) is 0.898. The van der Waals surface area contributed by atoms with Crippen molar-refractivity contribution in [1.29, 1.82) is 0 Å². The zero-order valence-electron chi connectivity index (χ0n) is 10.6. The first-order valence-corrected chi connectivity index (χ1v) is 7.35. The summed E-state index contributed by atoms with van der Waals surface area (Å²) in [6, 6.07) is 8.03. The number of aromatic nitrogens is 2. The molecule has 2 aromatic rings. The van der Waals surface area contributed by atoms with E-state index >= 15 is 0 Å². The molecule has 0 spiro atoms. The summed E-state index contributed by atoms with van der Waals surface area (Å²) in [6.45, 7) is 3.43. The number of amides is 1. The Morgan fingerprint density at radius 3 is 2.94 bits per heavy atom. The molecule has 1 aromatic carbocycles. The molecule has 0 fully saturated rings. The molecule has 0 unspecified atom stereocenters. The molecule has 1 heterocycles. The third-order valence-corrected chi connectivity index (χ3v) is 3.32. The number of carbonyl (C=O) groups is 1. The van der Waals surface area contributed by atoms with Crippen LogP contribution in [0.1, 0.15) is 12.7 Å². The van der Waals surface area contributed by atoms with Gasteiger partial charge in [-0.15, -0.1) is 0 Å². The van der Waals surface area contributed by atoms with Crippen molar-refractivity contribution >= 4 is 28.7 Å². The number of hydrogen-bond donors (Lipinski definition) is 1. The van der Waals surface area contributed by atoms with E-state index in [9.17, 15) is 4.79 Å². The minimum atomic E-state index is 0.0530. The van der Waals surface area contributed by atoms with Gasteiger partial charge in [0.2, 0.25) is 5.91 Å². The Morgan fingerprint density at radius 2 is 2.22 bits per heavy atom. The zero-order valence-corrected chi connectivity index (χ0v) is 11.5. The average Bonchev–Trinajstić information content (AvgIpc) is 2.74. The summed E-state index contributed by atoms with van der Waals surface area (Å²) < 4.78 is 2.13. The summed E-state index contributed by atoms with van der Waals surface area (Å²) in [6.07, 6.45) is 1.92. The molecule has 0 atom stereocenters. The van der Waals surface area contributed by atoms with E-state index in [0.29, 0.717) is 12.3 Å². The summed E-state index contributed by atoms with van der Waals surface area (Å²) in [5, 5.41) is 2.89. The predicted molar refractivity (Wildman–Crippen MR) is 75.6 cm³/mol. The predicted octanol–water partition coefficient (Wildman–Crippen LogP) is 2.04. The van der Waals surface area contributed by atoms with Gasteiger partial charge in [-0.25, -0.2) is 4.98 Å². The number of rotatable bonds is 5. The fourth-order valence-electron chi connectivity index (χ4n) is 1.97.